The molecule has 0 aliphatic heterocycles. The van der Waals surface area contributed by atoms with Crippen molar-refractivity contribution in [3.05, 3.63) is 36.4 Å². The second-order valence-corrected chi connectivity index (χ2v) is 3.88. The molecule has 0 fully saturated rings. The zero-order chi connectivity index (χ0) is 12.8. The van der Waals surface area contributed by atoms with Gasteiger partial charge in [0.15, 0.2) is 0 Å². The van der Waals surface area contributed by atoms with Gasteiger partial charge in [-0.2, -0.15) is 0 Å². The van der Waals surface area contributed by atoms with Crippen molar-refractivity contribution in [1.82, 2.24) is 9.97 Å². The van der Waals surface area contributed by atoms with Crippen LogP contribution in [0, 0.1) is 0 Å². The fourth-order valence-electron chi connectivity index (χ4n) is 1.71. The van der Waals surface area contributed by atoms with Gasteiger partial charge in [0, 0.05) is 13.1 Å². The SMILES string of the molecule is CCNc1cccc(-c2cccc(NCC)n2)n1. The maximum atomic E-state index is 4.53. The summed E-state index contributed by atoms with van der Waals surface area (Å²) in [7, 11) is 0. The van der Waals surface area contributed by atoms with Gasteiger partial charge in [-0.3, -0.25) is 0 Å². The Morgan fingerprint density at radius 2 is 1.22 bits per heavy atom. The first-order chi connectivity index (χ1) is 8.83. The molecule has 0 aromatic carbocycles. The Balaban J connectivity index is 2.29. The summed E-state index contributed by atoms with van der Waals surface area (Å²) in [6.45, 7) is 5.83. The maximum Gasteiger partial charge on any atom is 0.126 e. The van der Waals surface area contributed by atoms with Crippen molar-refractivity contribution in [2.45, 2.75) is 13.8 Å². The molecule has 2 aromatic heterocycles. The molecule has 2 N–H and O–H groups in total. The lowest BCUT2D eigenvalue weighted by Gasteiger charge is -2.07. The van der Waals surface area contributed by atoms with Crippen molar-refractivity contribution in [2.24, 2.45) is 0 Å². The van der Waals surface area contributed by atoms with Gasteiger partial charge < -0.3 is 10.6 Å². The highest BCUT2D eigenvalue weighted by Gasteiger charge is 2.03. The van der Waals surface area contributed by atoms with Crippen LogP contribution in [-0.2, 0) is 0 Å². The first-order valence-corrected chi connectivity index (χ1v) is 6.25. The van der Waals surface area contributed by atoms with Crippen LogP contribution >= 0.6 is 0 Å². The minimum atomic E-state index is 0.862. The number of pyridine rings is 2. The van der Waals surface area contributed by atoms with Crippen LogP contribution in [0.4, 0.5) is 11.6 Å². The molecule has 0 aliphatic carbocycles. The monoisotopic (exact) mass is 242 g/mol. The Morgan fingerprint density at radius 3 is 1.61 bits per heavy atom. The van der Waals surface area contributed by atoms with Crippen molar-refractivity contribution in [3.63, 3.8) is 0 Å². The molecule has 0 unspecified atom stereocenters. The number of nitrogens with zero attached hydrogens (tertiary/aromatic N) is 2. The molecule has 94 valence electrons. The molecule has 0 radical (unpaired) electrons. The Morgan fingerprint density at radius 1 is 0.778 bits per heavy atom. The number of aromatic nitrogens is 2. The zero-order valence-corrected chi connectivity index (χ0v) is 10.8. The van der Waals surface area contributed by atoms with Crippen LogP contribution in [0.3, 0.4) is 0 Å². The van der Waals surface area contributed by atoms with Crippen molar-refractivity contribution >= 4 is 11.6 Å². The van der Waals surface area contributed by atoms with E-state index in [1.54, 1.807) is 0 Å². The summed E-state index contributed by atoms with van der Waals surface area (Å²) in [5.41, 5.74) is 1.77. The third kappa shape index (κ3) is 2.97. The second-order valence-electron chi connectivity index (χ2n) is 3.88. The van der Waals surface area contributed by atoms with Crippen molar-refractivity contribution in [1.29, 1.82) is 0 Å². The molecule has 0 spiro atoms. The Kier molecular flexibility index (Phi) is 4.12. The number of nitrogens with one attached hydrogen (secondary N) is 2. The van der Waals surface area contributed by atoms with E-state index in [9.17, 15) is 0 Å². The molecule has 0 bridgehead atoms. The topological polar surface area (TPSA) is 49.8 Å². The van der Waals surface area contributed by atoms with Gasteiger partial charge in [-0.25, -0.2) is 9.97 Å². The lowest BCUT2D eigenvalue weighted by atomic mass is 10.2. The molecule has 18 heavy (non-hydrogen) atoms. The normalized spacial score (nSPS) is 10.1. The van der Waals surface area contributed by atoms with Crippen molar-refractivity contribution < 1.29 is 0 Å². The van der Waals surface area contributed by atoms with Gasteiger partial charge in [0.25, 0.3) is 0 Å². The van der Waals surface area contributed by atoms with Crippen LogP contribution in [0.2, 0.25) is 0 Å². The van der Waals surface area contributed by atoms with E-state index < -0.39 is 0 Å². The van der Waals surface area contributed by atoms with Crippen LogP contribution in [-0.4, -0.2) is 23.1 Å². The summed E-state index contributed by atoms with van der Waals surface area (Å²) in [6.07, 6.45) is 0. The third-order valence-electron chi connectivity index (χ3n) is 2.48. The summed E-state index contributed by atoms with van der Waals surface area (Å²) in [6, 6.07) is 11.8. The molecule has 0 atom stereocenters. The Labute approximate surface area is 107 Å². The van der Waals surface area contributed by atoms with Crippen LogP contribution in [0.1, 0.15) is 13.8 Å². The number of rotatable bonds is 5. The maximum absolute atomic E-state index is 4.53. The fourth-order valence-corrected chi connectivity index (χ4v) is 1.71. The van der Waals surface area contributed by atoms with Crippen molar-refractivity contribution in [2.75, 3.05) is 23.7 Å². The molecule has 0 amide bonds. The molecular formula is C14H18N4. The molecule has 0 aliphatic rings. The van der Waals surface area contributed by atoms with Crippen molar-refractivity contribution in [3.8, 4) is 11.4 Å². The minimum Gasteiger partial charge on any atom is -0.370 e. The highest BCUT2D eigenvalue weighted by Crippen LogP contribution is 2.18. The van der Waals surface area contributed by atoms with E-state index in [1.165, 1.54) is 0 Å². The molecule has 0 saturated heterocycles. The first-order valence-electron chi connectivity index (χ1n) is 6.25. The number of anilines is 2. The lowest BCUT2D eigenvalue weighted by molar-refractivity contribution is 1.14. The summed E-state index contributed by atoms with van der Waals surface area (Å²) >= 11 is 0. The van der Waals surface area contributed by atoms with Gasteiger partial charge in [-0.05, 0) is 38.1 Å². The standard InChI is InChI=1S/C14H18N4/c1-3-15-13-9-5-7-11(17-13)12-8-6-10-14(18-12)16-4-2/h5-10H,3-4H2,1-2H3,(H,15,17)(H,16,18). The molecule has 4 nitrogen and oxygen atoms in total. The highest BCUT2D eigenvalue weighted by atomic mass is 15.0. The summed E-state index contributed by atoms with van der Waals surface area (Å²) in [4.78, 5) is 9.07. The molecule has 4 heteroatoms. The zero-order valence-electron chi connectivity index (χ0n) is 10.8. The van der Waals surface area contributed by atoms with Gasteiger partial charge >= 0.3 is 0 Å². The smallest absolute Gasteiger partial charge is 0.126 e. The fraction of sp³-hybridized carbons (Fsp3) is 0.286. The van der Waals surface area contributed by atoms with E-state index in [-0.39, 0.29) is 0 Å². The number of hydrogen-bond acceptors (Lipinski definition) is 4. The Hall–Kier alpha value is -2.10. The quantitative estimate of drug-likeness (QED) is 0.846. The molecule has 2 aromatic rings. The molecule has 0 saturated carbocycles. The van der Waals surface area contributed by atoms with E-state index in [1.807, 2.05) is 36.4 Å². The average Bonchev–Trinajstić information content (AvgIpc) is 2.40. The predicted octanol–water partition coefficient (Wildman–Crippen LogP) is 3.01. The van der Waals surface area contributed by atoms with Gasteiger partial charge in [-0.1, -0.05) is 12.1 Å². The minimum absolute atomic E-state index is 0.862. The van der Waals surface area contributed by atoms with Gasteiger partial charge in [0.1, 0.15) is 11.6 Å². The van der Waals surface area contributed by atoms with Crippen LogP contribution < -0.4 is 10.6 Å². The van der Waals surface area contributed by atoms with E-state index in [4.69, 9.17) is 0 Å². The van der Waals surface area contributed by atoms with Gasteiger partial charge in [0.05, 0.1) is 11.4 Å². The summed E-state index contributed by atoms with van der Waals surface area (Å²) in [5.74, 6) is 1.76. The van der Waals surface area contributed by atoms with Crippen LogP contribution in [0.25, 0.3) is 11.4 Å². The van der Waals surface area contributed by atoms with Gasteiger partial charge in [0.2, 0.25) is 0 Å². The van der Waals surface area contributed by atoms with E-state index >= 15 is 0 Å². The lowest BCUT2D eigenvalue weighted by Crippen LogP contribution is -2.01. The largest absolute Gasteiger partial charge is 0.370 e. The third-order valence-corrected chi connectivity index (χ3v) is 2.48. The van der Waals surface area contributed by atoms with Gasteiger partial charge in [-0.15, -0.1) is 0 Å². The molecular weight excluding hydrogens is 224 g/mol. The average molecular weight is 242 g/mol. The number of hydrogen-bond donors (Lipinski definition) is 2. The first kappa shape index (κ1) is 12.4. The predicted molar refractivity (Wildman–Crippen MR) is 75.8 cm³/mol. The highest BCUT2D eigenvalue weighted by molar-refractivity contribution is 5.59. The Bertz CT molecular complexity index is 463. The second kappa shape index (κ2) is 6.00. The van der Waals surface area contributed by atoms with E-state index in [0.29, 0.717) is 0 Å². The van der Waals surface area contributed by atoms with Crippen LogP contribution in [0.15, 0.2) is 36.4 Å². The van der Waals surface area contributed by atoms with E-state index in [2.05, 4.69) is 34.4 Å². The molecule has 2 heterocycles. The molecule has 2 rings (SSSR count). The van der Waals surface area contributed by atoms with Crippen LogP contribution in [0.5, 0.6) is 0 Å². The summed E-state index contributed by atoms with van der Waals surface area (Å²) < 4.78 is 0. The van der Waals surface area contributed by atoms with E-state index in [0.717, 1.165) is 36.1 Å². The summed E-state index contributed by atoms with van der Waals surface area (Å²) in [5, 5.41) is 6.41.